The lowest BCUT2D eigenvalue weighted by molar-refractivity contribution is -0.121. The van der Waals surface area contributed by atoms with E-state index < -0.39 is 9.84 Å². The van der Waals surface area contributed by atoms with Gasteiger partial charge in [-0.1, -0.05) is 18.1 Å². The van der Waals surface area contributed by atoms with Crippen molar-refractivity contribution in [3.05, 3.63) is 11.6 Å². The summed E-state index contributed by atoms with van der Waals surface area (Å²) in [4.78, 5) is 12.0. The van der Waals surface area contributed by atoms with E-state index in [1.54, 1.807) is 0 Å². The first-order chi connectivity index (χ1) is 9.45. The summed E-state index contributed by atoms with van der Waals surface area (Å²) in [7, 11) is -2.98. The lowest BCUT2D eigenvalue weighted by Gasteiger charge is -2.28. The van der Waals surface area contributed by atoms with Crippen LogP contribution in [0.25, 0.3) is 0 Å². The van der Waals surface area contributed by atoms with Gasteiger partial charge in [-0.15, -0.1) is 0 Å². The molecule has 0 aromatic heterocycles. The molecule has 2 aliphatic carbocycles. The molecular weight excluding hydrogens is 274 g/mol. The van der Waals surface area contributed by atoms with Gasteiger partial charge in [0.25, 0.3) is 0 Å². The van der Waals surface area contributed by atoms with Crippen molar-refractivity contribution in [2.75, 3.05) is 6.26 Å². The molecule has 2 aliphatic rings. The van der Waals surface area contributed by atoms with Gasteiger partial charge in [0.15, 0.2) is 0 Å². The van der Waals surface area contributed by atoms with Gasteiger partial charge < -0.3 is 5.32 Å². The van der Waals surface area contributed by atoms with Crippen LogP contribution in [0.15, 0.2) is 11.6 Å². The van der Waals surface area contributed by atoms with Crippen LogP contribution in [0.2, 0.25) is 0 Å². The summed E-state index contributed by atoms with van der Waals surface area (Å²) in [5.74, 6) is 0.0531. The van der Waals surface area contributed by atoms with Crippen LogP contribution in [0.5, 0.6) is 0 Å². The van der Waals surface area contributed by atoms with Crippen LogP contribution in [0.3, 0.4) is 0 Å². The van der Waals surface area contributed by atoms with Crippen molar-refractivity contribution in [2.45, 2.75) is 69.1 Å². The maximum atomic E-state index is 12.0. The number of hydrogen-bond donors (Lipinski definition) is 1. The third-order valence-electron chi connectivity index (χ3n) is 4.37. The van der Waals surface area contributed by atoms with E-state index in [2.05, 4.69) is 11.4 Å². The van der Waals surface area contributed by atoms with Gasteiger partial charge in [0.2, 0.25) is 5.91 Å². The van der Waals surface area contributed by atoms with Gasteiger partial charge in [-0.05, 0) is 44.9 Å². The molecule has 1 fully saturated rings. The molecule has 2 atom stereocenters. The molecule has 0 radical (unpaired) electrons. The zero-order chi connectivity index (χ0) is 14.6. The molecule has 0 saturated heterocycles. The van der Waals surface area contributed by atoms with Crippen molar-refractivity contribution in [3.8, 4) is 0 Å². The molecule has 1 N–H and O–H groups in total. The first kappa shape index (κ1) is 15.5. The molecule has 1 amide bonds. The number of sulfone groups is 1. The number of rotatable bonds is 4. The van der Waals surface area contributed by atoms with Crippen molar-refractivity contribution in [2.24, 2.45) is 0 Å². The van der Waals surface area contributed by atoms with Crippen LogP contribution >= 0.6 is 0 Å². The third kappa shape index (κ3) is 4.62. The van der Waals surface area contributed by atoms with Crippen LogP contribution in [-0.4, -0.2) is 31.9 Å². The molecule has 5 heteroatoms. The van der Waals surface area contributed by atoms with Gasteiger partial charge >= 0.3 is 0 Å². The third-order valence-corrected chi connectivity index (χ3v) is 6.01. The molecule has 0 unspecified atom stereocenters. The van der Waals surface area contributed by atoms with Gasteiger partial charge in [-0.25, -0.2) is 8.42 Å². The number of amides is 1. The Labute approximate surface area is 121 Å². The molecule has 114 valence electrons. The second kappa shape index (κ2) is 6.74. The van der Waals surface area contributed by atoms with E-state index in [-0.39, 0.29) is 17.2 Å². The second-order valence-corrected chi connectivity index (χ2v) is 8.49. The predicted octanol–water partition coefficient (Wildman–Crippen LogP) is 2.35. The Morgan fingerprint density at radius 1 is 1.30 bits per heavy atom. The quantitative estimate of drug-likeness (QED) is 0.811. The molecule has 0 bridgehead atoms. The average Bonchev–Trinajstić information content (AvgIpc) is 2.39. The van der Waals surface area contributed by atoms with Gasteiger partial charge in [-0.2, -0.15) is 0 Å². The highest BCUT2D eigenvalue weighted by atomic mass is 32.2. The second-order valence-electron chi connectivity index (χ2n) is 6.17. The molecular formula is C15H25NO3S. The highest BCUT2D eigenvalue weighted by Crippen LogP contribution is 2.25. The van der Waals surface area contributed by atoms with Crippen molar-refractivity contribution >= 4 is 15.7 Å². The standard InChI is InChI=1S/C15H25NO3S/c1-20(18,19)14-9-5-8-13(11-14)16-15(17)10-12-6-3-2-4-7-12/h6,13-14H,2-5,7-11H2,1H3,(H,16,17)/t13-,14+/m1/s1. The zero-order valence-electron chi connectivity index (χ0n) is 12.2. The number of nitrogens with one attached hydrogen (secondary N) is 1. The van der Waals surface area contributed by atoms with E-state index in [4.69, 9.17) is 0 Å². The van der Waals surface area contributed by atoms with E-state index in [1.165, 1.54) is 24.7 Å². The van der Waals surface area contributed by atoms with Crippen molar-refractivity contribution < 1.29 is 13.2 Å². The molecule has 0 spiro atoms. The molecule has 0 aromatic carbocycles. The zero-order valence-corrected chi connectivity index (χ0v) is 13.0. The fourth-order valence-electron chi connectivity index (χ4n) is 3.22. The smallest absolute Gasteiger partial charge is 0.224 e. The fourth-order valence-corrected chi connectivity index (χ4v) is 4.39. The van der Waals surface area contributed by atoms with E-state index in [0.717, 1.165) is 32.1 Å². The van der Waals surface area contributed by atoms with Gasteiger partial charge in [0.05, 0.1) is 5.25 Å². The predicted molar refractivity (Wildman–Crippen MR) is 80.2 cm³/mol. The summed E-state index contributed by atoms with van der Waals surface area (Å²) in [6.45, 7) is 0. The largest absolute Gasteiger partial charge is 0.353 e. The van der Waals surface area contributed by atoms with Crippen molar-refractivity contribution in [1.29, 1.82) is 0 Å². The highest BCUT2D eigenvalue weighted by Gasteiger charge is 2.29. The molecule has 4 nitrogen and oxygen atoms in total. The van der Waals surface area contributed by atoms with E-state index >= 15 is 0 Å². The fraction of sp³-hybridized carbons (Fsp3) is 0.800. The maximum absolute atomic E-state index is 12.0. The molecule has 0 aromatic rings. The van der Waals surface area contributed by atoms with E-state index in [1.807, 2.05) is 0 Å². The monoisotopic (exact) mass is 299 g/mol. The lowest BCUT2D eigenvalue weighted by Crippen LogP contribution is -2.41. The van der Waals surface area contributed by atoms with E-state index in [9.17, 15) is 13.2 Å². The summed E-state index contributed by atoms with van der Waals surface area (Å²) >= 11 is 0. The minimum atomic E-state index is -2.98. The highest BCUT2D eigenvalue weighted by molar-refractivity contribution is 7.91. The lowest BCUT2D eigenvalue weighted by atomic mass is 9.94. The van der Waals surface area contributed by atoms with Gasteiger partial charge in [-0.3, -0.25) is 4.79 Å². The first-order valence-electron chi connectivity index (χ1n) is 7.61. The normalized spacial score (nSPS) is 27.8. The van der Waals surface area contributed by atoms with Crippen LogP contribution in [-0.2, 0) is 14.6 Å². The van der Waals surface area contributed by atoms with Gasteiger partial charge in [0.1, 0.15) is 9.84 Å². The molecule has 20 heavy (non-hydrogen) atoms. The van der Waals surface area contributed by atoms with E-state index in [0.29, 0.717) is 12.8 Å². The Bertz CT molecular complexity index is 481. The van der Waals surface area contributed by atoms with Crippen LogP contribution in [0.4, 0.5) is 0 Å². The molecule has 0 aliphatic heterocycles. The Morgan fingerprint density at radius 2 is 2.10 bits per heavy atom. The van der Waals surface area contributed by atoms with Crippen molar-refractivity contribution in [3.63, 3.8) is 0 Å². The average molecular weight is 299 g/mol. The Balaban J connectivity index is 1.83. The summed E-state index contributed by atoms with van der Waals surface area (Å²) in [6, 6.07) is 0.0279. The number of hydrogen-bond acceptors (Lipinski definition) is 3. The van der Waals surface area contributed by atoms with Crippen molar-refractivity contribution in [1.82, 2.24) is 5.32 Å². The Kier molecular flexibility index (Phi) is 5.24. The van der Waals surface area contributed by atoms with Crippen LogP contribution < -0.4 is 5.32 Å². The molecule has 0 heterocycles. The minimum absolute atomic E-state index is 0.0279. The SMILES string of the molecule is CS(=O)(=O)[C@H]1CCC[C@@H](NC(=O)CC2=CCCCC2)C1. The summed E-state index contributed by atoms with van der Waals surface area (Å²) in [5, 5.41) is 2.74. The van der Waals surface area contributed by atoms with Crippen LogP contribution in [0.1, 0.15) is 57.8 Å². The van der Waals surface area contributed by atoms with Crippen LogP contribution in [0, 0.1) is 0 Å². The summed E-state index contributed by atoms with van der Waals surface area (Å²) in [6.07, 6.45) is 11.6. The topological polar surface area (TPSA) is 63.2 Å². The number of carbonyl (C=O) groups is 1. The summed E-state index contributed by atoms with van der Waals surface area (Å²) < 4.78 is 23.2. The first-order valence-corrected chi connectivity index (χ1v) is 9.57. The Hall–Kier alpha value is -0.840. The number of carbonyl (C=O) groups excluding carboxylic acids is 1. The maximum Gasteiger partial charge on any atom is 0.224 e. The van der Waals surface area contributed by atoms with Gasteiger partial charge in [0, 0.05) is 18.7 Å². The number of allylic oxidation sites excluding steroid dienone is 1. The molecule has 2 rings (SSSR count). The molecule has 1 saturated carbocycles. The minimum Gasteiger partial charge on any atom is -0.353 e. The summed E-state index contributed by atoms with van der Waals surface area (Å²) in [5.41, 5.74) is 1.24. The Morgan fingerprint density at radius 3 is 2.75 bits per heavy atom.